The third-order valence-corrected chi connectivity index (χ3v) is 3.70. The molecule has 1 aliphatic heterocycles. The van der Waals surface area contributed by atoms with E-state index in [1.165, 1.54) is 5.69 Å². The van der Waals surface area contributed by atoms with E-state index in [1.54, 1.807) is 14.2 Å². The highest BCUT2D eigenvalue weighted by molar-refractivity contribution is 5.57. The van der Waals surface area contributed by atoms with Crippen molar-refractivity contribution in [2.75, 3.05) is 32.2 Å². The lowest BCUT2D eigenvalue weighted by atomic mass is 10.0. The van der Waals surface area contributed by atoms with E-state index in [9.17, 15) is 0 Å². The topological polar surface area (TPSA) is 47.7 Å². The molecule has 1 aliphatic rings. The Morgan fingerprint density at radius 3 is 2.56 bits per heavy atom. The fraction of sp³-hybridized carbons (Fsp3) is 0.571. The van der Waals surface area contributed by atoms with Gasteiger partial charge < -0.3 is 20.1 Å². The summed E-state index contributed by atoms with van der Waals surface area (Å²) in [6, 6.07) is 6.32. The number of benzene rings is 1. The summed E-state index contributed by atoms with van der Waals surface area (Å²) in [4.78, 5) is 2.36. The Morgan fingerprint density at radius 1 is 1.28 bits per heavy atom. The molecule has 1 aromatic rings. The maximum atomic E-state index is 5.97. The molecule has 0 radical (unpaired) electrons. The van der Waals surface area contributed by atoms with Gasteiger partial charge in [-0.3, -0.25) is 0 Å². The Balaban J connectivity index is 2.15. The Bertz CT molecular complexity index is 407. The summed E-state index contributed by atoms with van der Waals surface area (Å²) in [6.45, 7) is 4.16. The van der Waals surface area contributed by atoms with Crippen LogP contribution in [0.4, 0.5) is 5.69 Å². The highest BCUT2D eigenvalue weighted by Gasteiger charge is 2.25. The molecule has 0 amide bonds. The van der Waals surface area contributed by atoms with E-state index >= 15 is 0 Å². The largest absolute Gasteiger partial charge is 0.493 e. The highest BCUT2D eigenvalue weighted by atomic mass is 16.5. The highest BCUT2D eigenvalue weighted by Crippen LogP contribution is 2.33. The summed E-state index contributed by atoms with van der Waals surface area (Å²) in [5, 5.41) is 0. The Kier molecular flexibility index (Phi) is 3.97. The number of rotatable bonds is 4. The molecular formula is C14H22N2O2. The molecule has 1 heterocycles. The normalized spacial score (nSPS) is 20.9. The molecule has 2 unspecified atom stereocenters. The van der Waals surface area contributed by atoms with Crippen molar-refractivity contribution >= 4 is 5.69 Å². The van der Waals surface area contributed by atoms with Gasteiger partial charge in [0, 0.05) is 30.9 Å². The van der Waals surface area contributed by atoms with Crippen molar-refractivity contribution in [1.29, 1.82) is 0 Å². The smallest absolute Gasteiger partial charge is 0.162 e. The van der Waals surface area contributed by atoms with Crippen molar-refractivity contribution in [2.24, 2.45) is 11.7 Å². The lowest BCUT2D eigenvalue weighted by molar-refractivity contribution is 0.355. The second kappa shape index (κ2) is 5.48. The molecule has 18 heavy (non-hydrogen) atoms. The third-order valence-electron chi connectivity index (χ3n) is 3.70. The number of nitrogens with zero attached hydrogens (tertiary/aromatic N) is 1. The molecule has 0 aliphatic carbocycles. The maximum Gasteiger partial charge on any atom is 0.162 e. The Morgan fingerprint density at radius 2 is 2.00 bits per heavy atom. The number of hydrogen-bond donors (Lipinski definition) is 1. The molecule has 1 fully saturated rings. The average Bonchev–Trinajstić information content (AvgIpc) is 2.87. The van der Waals surface area contributed by atoms with Crippen molar-refractivity contribution in [1.82, 2.24) is 0 Å². The van der Waals surface area contributed by atoms with Crippen molar-refractivity contribution < 1.29 is 9.47 Å². The number of anilines is 1. The van der Waals surface area contributed by atoms with Gasteiger partial charge in [0.15, 0.2) is 11.5 Å². The summed E-state index contributed by atoms with van der Waals surface area (Å²) in [6.07, 6.45) is 1.16. The number of methoxy groups -OCH3 is 2. The van der Waals surface area contributed by atoms with Crippen LogP contribution >= 0.6 is 0 Å². The average molecular weight is 250 g/mol. The minimum atomic E-state index is 0.259. The molecule has 0 aromatic heterocycles. The van der Waals surface area contributed by atoms with Crippen LogP contribution < -0.4 is 20.1 Å². The van der Waals surface area contributed by atoms with Gasteiger partial charge in [-0.05, 0) is 31.4 Å². The SMILES string of the molecule is COc1ccc(N2CCC(C(C)N)C2)cc1OC. The van der Waals surface area contributed by atoms with Gasteiger partial charge >= 0.3 is 0 Å². The summed E-state index contributed by atoms with van der Waals surface area (Å²) in [5.41, 5.74) is 7.15. The second-order valence-electron chi connectivity index (χ2n) is 4.89. The molecule has 1 saturated heterocycles. The molecule has 0 spiro atoms. The zero-order valence-electron chi connectivity index (χ0n) is 11.3. The van der Waals surface area contributed by atoms with E-state index in [0.717, 1.165) is 31.0 Å². The quantitative estimate of drug-likeness (QED) is 0.886. The van der Waals surface area contributed by atoms with Crippen LogP contribution in [0.3, 0.4) is 0 Å². The van der Waals surface area contributed by atoms with Gasteiger partial charge in [-0.15, -0.1) is 0 Å². The van der Waals surface area contributed by atoms with Crippen molar-refractivity contribution in [3.05, 3.63) is 18.2 Å². The Hall–Kier alpha value is -1.42. The molecule has 4 heteroatoms. The lowest BCUT2D eigenvalue weighted by Gasteiger charge is -2.21. The zero-order chi connectivity index (χ0) is 13.1. The standard InChI is InChI=1S/C14H22N2O2/c1-10(15)11-6-7-16(9-11)12-4-5-13(17-2)14(8-12)18-3/h4-5,8,10-11H,6-7,9,15H2,1-3H3. The van der Waals surface area contributed by atoms with Gasteiger partial charge in [0.05, 0.1) is 14.2 Å². The molecule has 4 nitrogen and oxygen atoms in total. The predicted molar refractivity (Wildman–Crippen MR) is 73.5 cm³/mol. The van der Waals surface area contributed by atoms with Crippen molar-refractivity contribution in [3.8, 4) is 11.5 Å². The second-order valence-corrected chi connectivity index (χ2v) is 4.89. The van der Waals surface area contributed by atoms with E-state index in [1.807, 2.05) is 12.1 Å². The van der Waals surface area contributed by atoms with E-state index in [2.05, 4.69) is 17.9 Å². The van der Waals surface area contributed by atoms with Crippen LogP contribution in [-0.4, -0.2) is 33.4 Å². The number of hydrogen-bond acceptors (Lipinski definition) is 4. The monoisotopic (exact) mass is 250 g/mol. The fourth-order valence-corrected chi connectivity index (χ4v) is 2.47. The summed E-state index contributed by atoms with van der Waals surface area (Å²) >= 11 is 0. The van der Waals surface area contributed by atoms with Crippen LogP contribution in [0, 0.1) is 5.92 Å². The van der Waals surface area contributed by atoms with E-state index in [0.29, 0.717) is 5.92 Å². The lowest BCUT2D eigenvalue weighted by Crippen LogP contribution is -2.29. The zero-order valence-corrected chi connectivity index (χ0v) is 11.3. The predicted octanol–water partition coefficient (Wildman–Crippen LogP) is 1.88. The summed E-state index contributed by atoms with van der Waals surface area (Å²) in [5.74, 6) is 2.13. The number of nitrogens with two attached hydrogens (primary N) is 1. The summed E-state index contributed by atoms with van der Waals surface area (Å²) < 4.78 is 10.6. The van der Waals surface area contributed by atoms with E-state index in [-0.39, 0.29) is 6.04 Å². The van der Waals surface area contributed by atoms with Crippen LogP contribution in [0.1, 0.15) is 13.3 Å². The molecular weight excluding hydrogens is 228 g/mol. The van der Waals surface area contributed by atoms with Crippen LogP contribution in [-0.2, 0) is 0 Å². The first-order valence-electron chi connectivity index (χ1n) is 6.38. The van der Waals surface area contributed by atoms with Gasteiger partial charge in [-0.1, -0.05) is 0 Å². The third kappa shape index (κ3) is 2.53. The van der Waals surface area contributed by atoms with Gasteiger partial charge in [-0.2, -0.15) is 0 Å². The van der Waals surface area contributed by atoms with Crippen LogP contribution in [0.25, 0.3) is 0 Å². The first kappa shape index (κ1) is 13.0. The summed E-state index contributed by atoms with van der Waals surface area (Å²) in [7, 11) is 3.32. The maximum absolute atomic E-state index is 5.97. The molecule has 0 saturated carbocycles. The van der Waals surface area contributed by atoms with Gasteiger partial charge in [0.1, 0.15) is 0 Å². The minimum absolute atomic E-state index is 0.259. The fourth-order valence-electron chi connectivity index (χ4n) is 2.47. The Labute approximate surface area is 109 Å². The van der Waals surface area contributed by atoms with Crippen LogP contribution in [0.15, 0.2) is 18.2 Å². The molecule has 2 N–H and O–H groups in total. The van der Waals surface area contributed by atoms with Gasteiger partial charge in [0.2, 0.25) is 0 Å². The molecule has 2 atom stereocenters. The molecule has 2 rings (SSSR count). The van der Waals surface area contributed by atoms with Gasteiger partial charge in [-0.25, -0.2) is 0 Å². The molecule has 0 bridgehead atoms. The van der Waals surface area contributed by atoms with Crippen molar-refractivity contribution in [3.63, 3.8) is 0 Å². The van der Waals surface area contributed by atoms with Gasteiger partial charge in [0.25, 0.3) is 0 Å². The first-order valence-corrected chi connectivity index (χ1v) is 6.38. The van der Waals surface area contributed by atoms with E-state index in [4.69, 9.17) is 15.2 Å². The first-order chi connectivity index (χ1) is 8.65. The van der Waals surface area contributed by atoms with Crippen molar-refractivity contribution in [2.45, 2.75) is 19.4 Å². The number of ether oxygens (including phenoxy) is 2. The molecule has 100 valence electrons. The van der Waals surface area contributed by atoms with E-state index < -0.39 is 0 Å². The molecule has 1 aromatic carbocycles. The van der Waals surface area contributed by atoms with Crippen LogP contribution in [0.5, 0.6) is 11.5 Å². The van der Waals surface area contributed by atoms with Crippen LogP contribution in [0.2, 0.25) is 0 Å². The minimum Gasteiger partial charge on any atom is -0.493 e.